The summed E-state index contributed by atoms with van der Waals surface area (Å²) in [6.45, 7) is 2.63. The van der Waals surface area contributed by atoms with Crippen LogP contribution in [0.2, 0.25) is 0 Å². The molecule has 0 spiro atoms. The van der Waals surface area contributed by atoms with Gasteiger partial charge in [-0.15, -0.1) is 11.8 Å². The van der Waals surface area contributed by atoms with Gasteiger partial charge >= 0.3 is 0 Å². The Morgan fingerprint density at radius 2 is 2.10 bits per heavy atom. The summed E-state index contributed by atoms with van der Waals surface area (Å²) >= 11 is 1.47. The Labute approximate surface area is 130 Å². The number of benzene rings is 1. The molecule has 1 aromatic carbocycles. The largest absolute Gasteiger partial charge is 0.398 e. The van der Waals surface area contributed by atoms with E-state index >= 15 is 0 Å². The van der Waals surface area contributed by atoms with Crippen molar-refractivity contribution < 1.29 is 13.2 Å². The molecule has 2 rings (SSSR count). The maximum absolute atomic E-state index is 12.0. The van der Waals surface area contributed by atoms with E-state index in [0.717, 1.165) is 17.7 Å². The Kier molecular flexibility index (Phi) is 5.92. The molecule has 21 heavy (non-hydrogen) atoms. The van der Waals surface area contributed by atoms with Gasteiger partial charge in [0.1, 0.15) is 0 Å². The van der Waals surface area contributed by atoms with Crippen molar-refractivity contribution in [2.24, 2.45) is 0 Å². The molecule has 1 aromatic rings. The second-order valence-electron chi connectivity index (χ2n) is 5.07. The number of para-hydroxylation sites is 1. The van der Waals surface area contributed by atoms with Gasteiger partial charge < -0.3 is 10.5 Å². The molecule has 0 aromatic heterocycles. The Bertz CT molecular complexity index is 557. The van der Waals surface area contributed by atoms with Crippen molar-refractivity contribution in [3.8, 4) is 0 Å². The lowest BCUT2D eigenvalue weighted by molar-refractivity contribution is -0.00474. The van der Waals surface area contributed by atoms with E-state index in [0.29, 0.717) is 18.0 Å². The highest BCUT2D eigenvalue weighted by atomic mass is 32.2. The van der Waals surface area contributed by atoms with E-state index in [-0.39, 0.29) is 17.9 Å². The zero-order valence-corrected chi connectivity index (χ0v) is 13.8. The molecule has 1 aliphatic rings. The standard InChI is InChI=1S/C14H22N2O3S2/c1-2-19-12-9-11(10-12)16-21(17,18)8-7-20-14-6-4-3-5-13(14)15/h3-6,11-12,16H,2,7-10,15H2,1H3. The Hall–Kier alpha value is -0.760. The van der Waals surface area contributed by atoms with Crippen LogP contribution in [-0.4, -0.2) is 38.7 Å². The molecule has 0 atom stereocenters. The second-order valence-corrected chi connectivity index (χ2v) is 8.08. The molecule has 0 aliphatic heterocycles. The van der Waals surface area contributed by atoms with Crippen molar-refractivity contribution in [1.82, 2.24) is 4.72 Å². The van der Waals surface area contributed by atoms with Crippen molar-refractivity contribution in [2.45, 2.75) is 36.8 Å². The van der Waals surface area contributed by atoms with Crippen molar-refractivity contribution in [1.29, 1.82) is 0 Å². The van der Waals surface area contributed by atoms with Crippen LogP contribution in [0.5, 0.6) is 0 Å². The molecular formula is C14H22N2O3S2. The number of sulfonamides is 1. The van der Waals surface area contributed by atoms with Crippen LogP contribution in [0.25, 0.3) is 0 Å². The third-order valence-corrected chi connectivity index (χ3v) is 6.16. The monoisotopic (exact) mass is 330 g/mol. The summed E-state index contributed by atoms with van der Waals surface area (Å²) in [5.74, 6) is 0.590. The van der Waals surface area contributed by atoms with E-state index in [2.05, 4.69) is 4.72 Å². The number of nitrogens with two attached hydrogens (primary N) is 1. The number of thioether (sulfide) groups is 1. The topological polar surface area (TPSA) is 81.4 Å². The fourth-order valence-corrected chi connectivity index (χ4v) is 4.88. The number of hydrogen-bond acceptors (Lipinski definition) is 5. The summed E-state index contributed by atoms with van der Waals surface area (Å²) in [6.07, 6.45) is 1.75. The van der Waals surface area contributed by atoms with Gasteiger partial charge in [-0.1, -0.05) is 12.1 Å². The number of hydrogen-bond donors (Lipinski definition) is 2. The van der Waals surface area contributed by atoms with Crippen molar-refractivity contribution >= 4 is 27.5 Å². The van der Waals surface area contributed by atoms with E-state index in [1.165, 1.54) is 11.8 Å². The zero-order valence-electron chi connectivity index (χ0n) is 12.1. The van der Waals surface area contributed by atoms with Crippen LogP contribution in [0.3, 0.4) is 0 Å². The first-order chi connectivity index (χ1) is 10.00. The van der Waals surface area contributed by atoms with Crippen molar-refractivity contribution in [3.05, 3.63) is 24.3 Å². The maximum atomic E-state index is 12.0. The Balaban J connectivity index is 1.71. The van der Waals surface area contributed by atoms with Gasteiger partial charge in [-0.3, -0.25) is 0 Å². The molecule has 0 heterocycles. The first-order valence-electron chi connectivity index (χ1n) is 7.09. The smallest absolute Gasteiger partial charge is 0.212 e. The summed E-state index contributed by atoms with van der Waals surface area (Å²) in [5.41, 5.74) is 6.51. The normalized spacial score (nSPS) is 22.0. The summed E-state index contributed by atoms with van der Waals surface area (Å²) in [6, 6.07) is 7.51. The lowest BCUT2D eigenvalue weighted by atomic mass is 9.90. The molecule has 118 valence electrons. The molecule has 0 bridgehead atoms. The minimum Gasteiger partial charge on any atom is -0.398 e. The molecule has 5 nitrogen and oxygen atoms in total. The highest BCUT2D eigenvalue weighted by Crippen LogP contribution is 2.26. The maximum Gasteiger partial charge on any atom is 0.212 e. The zero-order chi connectivity index (χ0) is 15.3. The van der Waals surface area contributed by atoms with E-state index in [4.69, 9.17) is 10.5 Å². The molecular weight excluding hydrogens is 308 g/mol. The number of anilines is 1. The second kappa shape index (κ2) is 7.49. The molecule has 3 N–H and O–H groups in total. The van der Waals surface area contributed by atoms with Crippen LogP contribution < -0.4 is 10.5 Å². The Morgan fingerprint density at radius 3 is 2.76 bits per heavy atom. The van der Waals surface area contributed by atoms with Gasteiger partial charge in [-0.2, -0.15) is 0 Å². The molecule has 1 saturated carbocycles. The fraction of sp³-hybridized carbons (Fsp3) is 0.571. The third-order valence-electron chi connectivity index (χ3n) is 3.37. The van der Waals surface area contributed by atoms with Crippen LogP contribution in [0.1, 0.15) is 19.8 Å². The van der Waals surface area contributed by atoms with Crippen LogP contribution in [0.4, 0.5) is 5.69 Å². The number of nitrogen functional groups attached to an aromatic ring is 1. The van der Waals surface area contributed by atoms with Gasteiger partial charge in [0.15, 0.2) is 0 Å². The molecule has 0 amide bonds. The van der Waals surface area contributed by atoms with Gasteiger partial charge in [0.05, 0.1) is 11.9 Å². The predicted octanol–water partition coefficient (Wildman–Crippen LogP) is 1.85. The van der Waals surface area contributed by atoms with Crippen LogP contribution >= 0.6 is 11.8 Å². The van der Waals surface area contributed by atoms with Crippen LogP contribution in [0, 0.1) is 0 Å². The van der Waals surface area contributed by atoms with Gasteiger partial charge in [-0.25, -0.2) is 13.1 Å². The number of nitrogens with one attached hydrogen (secondary N) is 1. The molecule has 0 saturated heterocycles. The van der Waals surface area contributed by atoms with Crippen molar-refractivity contribution in [3.63, 3.8) is 0 Å². The molecule has 0 radical (unpaired) electrons. The highest BCUT2D eigenvalue weighted by Gasteiger charge is 2.32. The van der Waals surface area contributed by atoms with Crippen LogP contribution in [0.15, 0.2) is 29.2 Å². The van der Waals surface area contributed by atoms with Crippen LogP contribution in [-0.2, 0) is 14.8 Å². The first kappa shape index (κ1) is 16.6. The van der Waals surface area contributed by atoms with E-state index in [1.807, 2.05) is 31.2 Å². The summed E-state index contributed by atoms with van der Waals surface area (Å²) in [7, 11) is -3.23. The highest BCUT2D eigenvalue weighted by molar-refractivity contribution is 8.00. The van der Waals surface area contributed by atoms with E-state index in [9.17, 15) is 8.42 Å². The average Bonchev–Trinajstić information content (AvgIpc) is 2.38. The lowest BCUT2D eigenvalue weighted by Gasteiger charge is -2.35. The first-order valence-corrected chi connectivity index (χ1v) is 9.73. The van der Waals surface area contributed by atoms with Gasteiger partial charge in [-0.05, 0) is 31.9 Å². The molecule has 1 aliphatic carbocycles. The van der Waals surface area contributed by atoms with E-state index in [1.54, 1.807) is 0 Å². The Morgan fingerprint density at radius 1 is 1.38 bits per heavy atom. The summed E-state index contributed by atoms with van der Waals surface area (Å²) < 4.78 is 32.1. The summed E-state index contributed by atoms with van der Waals surface area (Å²) in [5, 5.41) is 0. The quantitative estimate of drug-likeness (QED) is 0.561. The minimum atomic E-state index is -3.23. The molecule has 1 fully saturated rings. The number of rotatable bonds is 8. The average molecular weight is 330 g/mol. The summed E-state index contributed by atoms with van der Waals surface area (Å²) in [4.78, 5) is 0.924. The predicted molar refractivity (Wildman–Crippen MR) is 86.9 cm³/mol. The molecule has 7 heteroatoms. The van der Waals surface area contributed by atoms with Gasteiger partial charge in [0.25, 0.3) is 0 Å². The lowest BCUT2D eigenvalue weighted by Crippen LogP contribution is -2.48. The van der Waals surface area contributed by atoms with E-state index < -0.39 is 10.0 Å². The molecule has 0 unspecified atom stereocenters. The van der Waals surface area contributed by atoms with Gasteiger partial charge in [0, 0.05) is 29.0 Å². The third kappa shape index (κ3) is 5.18. The number of ether oxygens (including phenoxy) is 1. The van der Waals surface area contributed by atoms with Gasteiger partial charge in [0.2, 0.25) is 10.0 Å². The SMILES string of the molecule is CCOC1CC(NS(=O)(=O)CCSc2ccccc2N)C1. The minimum absolute atomic E-state index is 0.0262. The fourth-order valence-electron chi connectivity index (χ4n) is 2.22. The van der Waals surface area contributed by atoms with Crippen molar-refractivity contribution in [2.75, 3.05) is 23.8 Å².